The SMILES string of the molecule is CN(Cc1ccccc1)C(=O)c1cccc(NC(=O)CN2CCCCC2)c1. The highest BCUT2D eigenvalue weighted by molar-refractivity contribution is 5.97. The first-order valence-electron chi connectivity index (χ1n) is 9.53. The first-order chi connectivity index (χ1) is 13.1. The second kappa shape index (κ2) is 9.33. The van der Waals surface area contributed by atoms with Gasteiger partial charge >= 0.3 is 0 Å². The quantitative estimate of drug-likeness (QED) is 0.854. The Morgan fingerprint density at radius 1 is 1.00 bits per heavy atom. The molecule has 142 valence electrons. The summed E-state index contributed by atoms with van der Waals surface area (Å²) in [4.78, 5) is 28.9. The van der Waals surface area contributed by atoms with E-state index in [9.17, 15) is 9.59 Å². The Bertz CT molecular complexity index is 770. The second-order valence-corrected chi connectivity index (χ2v) is 7.11. The lowest BCUT2D eigenvalue weighted by atomic mass is 10.1. The maximum Gasteiger partial charge on any atom is 0.253 e. The van der Waals surface area contributed by atoms with Crippen LogP contribution in [-0.4, -0.2) is 48.3 Å². The number of hydrogen-bond acceptors (Lipinski definition) is 3. The Morgan fingerprint density at radius 2 is 1.74 bits per heavy atom. The van der Waals surface area contributed by atoms with Crippen LogP contribution in [0.25, 0.3) is 0 Å². The maximum absolute atomic E-state index is 12.7. The lowest BCUT2D eigenvalue weighted by Crippen LogP contribution is -2.36. The van der Waals surface area contributed by atoms with Gasteiger partial charge in [0.25, 0.3) is 5.91 Å². The Labute approximate surface area is 161 Å². The number of benzene rings is 2. The molecule has 0 bridgehead atoms. The van der Waals surface area contributed by atoms with Crippen LogP contribution in [0.5, 0.6) is 0 Å². The molecule has 2 amide bonds. The van der Waals surface area contributed by atoms with Crippen LogP contribution in [0.3, 0.4) is 0 Å². The minimum absolute atomic E-state index is 0.0286. The van der Waals surface area contributed by atoms with Crippen molar-refractivity contribution in [3.05, 3.63) is 65.7 Å². The van der Waals surface area contributed by atoms with Crippen molar-refractivity contribution in [2.75, 3.05) is 32.0 Å². The molecule has 27 heavy (non-hydrogen) atoms. The molecule has 1 heterocycles. The van der Waals surface area contributed by atoms with Crippen molar-refractivity contribution >= 4 is 17.5 Å². The largest absolute Gasteiger partial charge is 0.337 e. The van der Waals surface area contributed by atoms with Gasteiger partial charge in [-0.3, -0.25) is 14.5 Å². The summed E-state index contributed by atoms with van der Waals surface area (Å²) in [5.41, 5.74) is 2.32. The van der Waals surface area contributed by atoms with Crippen molar-refractivity contribution in [2.24, 2.45) is 0 Å². The van der Waals surface area contributed by atoms with Crippen LogP contribution in [0.2, 0.25) is 0 Å². The monoisotopic (exact) mass is 365 g/mol. The van der Waals surface area contributed by atoms with Gasteiger partial charge in [-0.15, -0.1) is 0 Å². The molecular formula is C22H27N3O2. The molecule has 2 aromatic carbocycles. The Hall–Kier alpha value is -2.66. The molecule has 0 aliphatic carbocycles. The smallest absolute Gasteiger partial charge is 0.253 e. The molecule has 0 saturated carbocycles. The zero-order chi connectivity index (χ0) is 19.1. The van der Waals surface area contributed by atoms with Gasteiger partial charge in [-0.2, -0.15) is 0 Å². The predicted molar refractivity (Wildman–Crippen MR) is 108 cm³/mol. The third kappa shape index (κ3) is 5.66. The average molecular weight is 365 g/mol. The molecule has 1 fully saturated rings. The van der Waals surface area contributed by atoms with Crippen molar-refractivity contribution in [2.45, 2.75) is 25.8 Å². The predicted octanol–water partition coefficient (Wildman–Crippen LogP) is 3.38. The number of hydrogen-bond donors (Lipinski definition) is 1. The zero-order valence-corrected chi connectivity index (χ0v) is 15.9. The van der Waals surface area contributed by atoms with E-state index in [0.29, 0.717) is 24.3 Å². The van der Waals surface area contributed by atoms with Gasteiger partial charge < -0.3 is 10.2 Å². The summed E-state index contributed by atoms with van der Waals surface area (Å²) in [5, 5.41) is 2.92. The van der Waals surface area contributed by atoms with Gasteiger partial charge in [0.15, 0.2) is 0 Å². The molecule has 1 aliphatic heterocycles. The third-order valence-corrected chi connectivity index (χ3v) is 4.82. The molecule has 0 atom stereocenters. The summed E-state index contributed by atoms with van der Waals surface area (Å²) in [7, 11) is 1.79. The Balaban J connectivity index is 1.58. The van der Waals surface area contributed by atoms with E-state index in [4.69, 9.17) is 0 Å². The van der Waals surface area contributed by atoms with Crippen LogP contribution in [0.1, 0.15) is 35.2 Å². The van der Waals surface area contributed by atoms with E-state index in [1.54, 1.807) is 30.1 Å². The number of rotatable bonds is 6. The fourth-order valence-corrected chi connectivity index (χ4v) is 3.40. The molecule has 3 rings (SSSR count). The Kier molecular flexibility index (Phi) is 6.60. The average Bonchev–Trinajstić information content (AvgIpc) is 2.69. The van der Waals surface area contributed by atoms with Gasteiger partial charge in [-0.1, -0.05) is 42.8 Å². The number of nitrogens with zero attached hydrogens (tertiary/aromatic N) is 2. The third-order valence-electron chi connectivity index (χ3n) is 4.82. The summed E-state index contributed by atoms with van der Waals surface area (Å²) in [6.07, 6.45) is 3.56. The molecule has 5 nitrogen and oxygen atoms in total. The number of likely N-dealkylation sites (tertiary alicyclic amines) is 1. The molecule has 5 heteroatoms. The van der Waals surface area contributed by atoms with Gasteiger partial charge in [0, 0.05) is 24.8 Å². The molecule has 0 spiro atoms. The first-order valence-corrected chi connectivity index (χ1v) is 9.53. The van der Waals surface area contributed by atoms with Crippen LogP contribution in [-0.2, 0) is 11.3 Å². The number of carbonyl (C=O) groups is 2. The van der Waals surface area contributed by atoms with Crippen molar-refractivity contribution in [3.8, 4) is 0 Å². The van der Waals surface area contributed by atoms with E-state index in [1.165, 1.54) is 6.42 Å². The molecule has 0 radical (unpaired) electrons. The normalized spacial score (nSPS) is 14.6. The van der Waals surface area contributed by atoms with E-state index >= 15 is 0 Å². The van der Waals surface area contributed by atoms with Crippen molar-refractivity contribution in [1.29, 1.82) is 0 Å². The fraction of sp³-hybridized carbons (Fsp3) is 0.364. The summed E-state index contributed by atoms with van der Waals surface area (Å²) >= 11 is 0. The molecule has 0 aromatic heterocycles. The van der Waals surface area contributed by atoms with Gasteiger partial charge in [0.2, 0.25) is 5.91 Å². The van der Waals surface area contributed by atoms with E-state index in [-0.39, 0.29) is 11.8 Å². The van der Waals surface area contributed by atoms with E-state index in [0.717, 1.165) is 31.5 Å². The van der Waals surface area contributed by atoms with Gasteiger partial charge in [0.1, 0.15) is 0 Å². The molecule has 1 N–H and O–H groups in total. The van der Waals surface area contributed by atoms with Crippen LogP contribution in [0, 0.1) is 0 Å². The molecule has 1 aliphatic rings. The number of piperidine rings is 1. The second-order valence-electron chi connectivity index (χ2n) is 7.11. The van der Waals surface area contributed by atoms with E-state index in [2.05, 4.69) is 10.2 Å². The number of anilines is 1. The molecule has 0 unspecified atom stereocenters. The highest BCUT2D eigenvalue weighted by Crippen LogP contribution is 2.15. The van der Waals surface area contributed by atoms with Crippen LogP contribution in [0.4, 0.5) is 5.69 Å². The number of amides is 2. The number of nitrogens with one attached hydrogen (secondary N) is 1. The summed E-state index contributed by atoms with van der Waals surface area (Å²) in [5.74, 6) is -0.0925. The minimum Gasteiger partial charge on any atom is -0.337 e. The van der Waals surface area contributed by atoms with Crippen LogP contribution >= 0.6 is 0 Å². The fourth-order valence-electron chi connectivity index (χ4n) is 3.40. The van der Waals surface area contributed by atoms with Gasteiger partial charge in [-0.05, 0) is 49.7 Å². The van der Waals surface area contributed by atoms with Crippen molar-refractivity contribution in [1.82, 2.24) is 9.80 Å². The number of carbonyl (C=O) groups excluding carboxylic acids is 2. The minimum atomic E-state index is -0.0639. The van der Waals surface area contributed by atoms with Crippen molar-refractivity contribution in [3.63, 3.8) is 0 Å². The topological polar surface area (TPSA) is 52.7 Å². The summed E-state index contributed by atoms with van der Waals surface area (Å²) in [6, 6.07) is 17.0. The lowest BCUT2D eigenvalue weighted by molar-refractivity contribution is -0.117. The van der Waals surface area contributed by atoms with Gasteiger partial charge in [0.05, 0.1) is 6.54 Å². The highest BCUT2D eigenvalue weighted by Gasteiger charge is 2.15. The first kappa shape index (κ1) is 19.1. The Morgan fingerprint density at radius 3 is 2.48 bits per heavy atom. The van der Waals surface area contributed by atoms with E-state index in [1.807, 2.05) is 36.4 Å². The summed E-state index contributed by atoms with van der Waals surface area (Å²) in [6.45, 7) is 2.92. The summed E-state index contributed by atoms with van der Waals surface area (Å²) < 4.78 is 0. The molecular weight excluding hydrogens is 338 g/mol. The maximum atomic E-state index is 12.7. The molecule has 2 aromatic rings. The molecule has 1 saturated heterocycles. The van der Waals surface area contributed by atoms with Gasteiger partial charge in [-0.25, -0.2) is 0 Å². The highest BCUT2D eigenvalue weighted by atomic mass is 16.2. The standard InChI is InChI=1S/C22H27N3O2/c1-24(16-18-9-4-2-5-10-18)22(27)19-11-8-12-20(15-19)23-21(26)17-25-13-6-3-7-14-25/h2,4-5,8-12,15H,3,6-7,13-14,16-17H2,1H3,(H,23,26). The zero-order valence-electron chi connectivity index (χ0n) is 15.9. The van der Waals surface area contributed by atoms with E-state index < -0.39 is 0 Å². The lowest BCUT2D eigenvalue weighted by Gasteiger charge is -2.25. The van der Waals surface area contributed by atoms with Crippen molar-refractivity contribution < 1.29 is 9.59 Å². The van der Waals surface area contributed by atoms with Crippen LogP contribution in [0.15, 0.2) is 54.6 Å². The van der Waals surface area contributed by atoms with Crippen LogP contribution < -0.4 is 5.32 Å².